The topological polar surface area (TPSA) is 107 Å². The zero-order chi connectivity index (χ0) is 28.6. The fraction of sp³-hybridized carbons (Fsp3) is 0.387. The van der Waals surface area contributed by atoms with Gasteiger partial charge in [0.1, 0.15) is 10.7 Å². The Morgan fingerprint density at radius 2 is 2.07 bits per heavy atom. The highest BCUT2D eigenvalue weighted by molar-refractivity contribution is 7.10. The van der Waals surface area contributed by atoms with Crippen LogP contribution in [0.4, 0.5) is 5.69 Å². The molecule has 0 aliphatic carbocycles. The van der Waals surface area contributed by atoms with Crippen molar-refractivity contribution in [2.45, 2.75) is 39.5 Å². The molecule has 0 saturated carbocycles. The van der Waals surface area contributed by atoms with E-state index in [0.717, 1.165) is 83.5 Å². The number of likely N-dealkylation sites (tertiary alicyclic amines) is 1. The molecule has 5 heterocycles. The molecule has 2 N–H and O–H groups in total. The van der Waals surface area contributed by atoms with Gasteiger partial charge in [0.05, 0.1) is 12.1 Å². The predicted octanol–water partition coefficient (Wildman–Crippen LogP) is 5.25. The number of aromatic amines is 1. The molecule has 0 bridgehead atoms. The molecular weight excluding hydrogens is 534 g/mol. The molecule has 10 heteroatoms. The van der Waals surface area contributed by atoms with Gasteiger partial charge in [-0.25, -0.2) is 4.98 Å². The van der Waals surface area contributed by atoms with Gasteiger partial charge in [0, 0.05) is 59.7 Å². The second kappa shape index (κ2) is 13.6. The molecular formula is C31H37N7O2S. The molecule has 9 nitrogen and oxygen atoms in total. The first-order chi connectivity index (χ1) is 20.1. The maximum atomic E-state index is 12.4. The first-order valence-corrected chi connectivity index (χ1v) is 15.2. The number of fused-ring (bicyclic) bond motifs is 1. The van der Waals surface area contributed by atoms with Gasteiger partial charge in [-0.3, -0.25) is 24.6 Å². The first kappa shape index (κ1) is 28.6. The normalized spacial score (nSPS) is 17.2. The molecule has 2 aliphatic heterocycles. The van der Waals surface area contributed by atoms with Gasteiger partial charge in [-0.05, 0) is 67.6 Å². The molecule has 214 valence electrons. The Balaban J connectivity index is 0.000000165. The molecule has 41 heavy (non-hydrogen) atoms. The summed E-state index contributed by atoms with van der Waals surface area (Å²) in [5.74, 6) is 1.07. The number of H-pyrrole nitrogens is 1. The van der Waals surface area contributed by atoms with Crippen LogP contribution in [-0.4, -0.2) is 75.0 Å². The van der Waals surface area contributed by atoms with E-state index in [9.17, 15) is 9.59 Å². The molecule has 1 saturated heterocycles. The summed E-state index contributed by atoms with van der Waals surface area (Å²) in [4.78, 5) is 35.9. The third-order valence-corrected chi connectivity index (χ3v) is 8.66. The largest absolute Gasteiger partial charge is 0.338 e. The summed E-state index contributed by atoms with van der Waals surface area (Å²) in [5, 5.41) is 14.1. The highest BCUT2D eigenvalue weighted by Crippen LogP contribution is 2.29. The van der Waals surface area contributed by atoms with E-state index in [1.807, 2.05) is 46.8 Å². The summed E-state index contributed by atoms with van der Waals surface area (Å²) in [7, 11) is 0. The van der Waals surface area contributed by atoms with Crippen molar-refractivity contribution >= 4 is 45.8 Å². The number of carbonyl (C=O) groups excluding carboxylic acids is 2. The lowest BCUT2D eigenvalue weighted by Gasteiger charge is -2.28. The van der Waals surface area contributed by atoms with Crippen molar-refractivity contribution in [1.29, 1.82) is 0 Å². The Kier molecular flexibility index (Phi) is 9.53. The molecule has 0 spiro atoms. The van der Waals surface area contributed by atoms with Crippen LogP contribution in [-0.2, 0) is 16.0 Å². The van der Waals surface area contributed by atoms with Gasteiger partial charge in [0.15, 0.2) is 0 Å². The number of nitrogens with zero attached hydrogens (tertiary/aromatic N) is 5. The van der Waals surface area contributed by atoms with Crippen molar-refractivity contribution in [2.24, 2.45) is 5.92 Å². The predicted molar refractivity (Wildman–Crippen MR) is 165 cm³/mol. The van der Waals surface area contributed by atoms with E-state index in [4.69, 9.17) is 0 Å². The van der Waals surface area contributed by atoms with Gasteiger partial charge in [-0.15, -0.1) is 11.3 Å². The maximum Gasteiger partial charge on any atom is 0.237 e. The monoisotopic (exact) mass is 571 g/mol. The Hall–Kier alpha value is -3.89. The first-order valence-electron chi connectivity index (χ1n) is 14.3. The number of thiazole rings is 1. The highest BCUT2D eigenvalue weighted by atomic mass is 32.1. The van der Waals surface area contributed by atoms with E-state index in [2.05, 4.69) is 50.3 Å². The lowest BCUT2D eigenvalue weighted by Crippen LogP contribution is -2.41. The Bertz CT molecular complexity index is 1500. The molecule has 2 aliphatic rings. The van der Waals surface area contributed by atoms with Gasteiger partial charge >= 0.3 is 0 Å². The third-order valence-electron chi connectivity index (χ3n) is 7.82. The number of carbonyl (C=O) groups is 2. The van der Waals surface area contributed by atoms with Gasteiger partial charge in [0.2, 0.25) is 12.3 Å². The number of anilines is 1. The second-order valence-electron chi connectivity index (χ2n) is 10.4. The molecule has 1 unspecified atom stereocenters. The minimum absolute atomic E-state index is 0.279. The maximum absolute atomic E-state index is 12.4. The van der Waals surface area contributed by atoms with Crippen molar-refractivity contribution in [3.8, 4) is 11.3 Å². The average Bonchev–Trinajstić information content (AvgIpc) is 3.79. The van der Waals surface area contributed by atoms with E-state index in [1.165, 1.54) is 18.4 Å². The Labute approximate surface area is 244 Å². The molecule has 1 fully saturated rings. The van der Waals surface area contributed by atoms with Crippen molar-refractivity contribution in [3.63, 3.8) is 0 Å². The molecule has 0 radical (unpaired) electrons. The van der Waals surface area contributed by atoms with Crippen LogP contribution in [0.2, 0.25) is 0 Å². The van der Waals surface area contributed by atoms with Crippen LogP contribution in [0.25, 0.3) is 27.7 Å². The number of aromatic nitrogens is 4. The van der Waals surface area contributed by atoms with E-state index >= 15 is 0 Å². The van der Waals surface area contributed by atoms with Gasteiger partial charge in [0.25, 0.3) is 0 Å². The van der Waals surface area contributed by atoms with Crippen molar-refractivity contribution in [1.82, 2.24) is 30.0 Å². The Morgan fingerprint density at radius 1 is 1.17 bits per heavy atom. The lowest BCUT2D eigenvalue weighted by molar-refractivity contribution is -0.131. The Morgan fingerprint density at radius 3 is 2.78 bits per heavy atom. The molecule has 2 amide bonds. The number of hydrogen-bond acceptors (Lipinski definition) is 7. The molecule has 1 atom stereocenters. The zero-order valence-corrected chi connectivity index (χ0v) is 24.5. The zero-order valence-electron chi connectivity index (χ0n) is 23.7. The number of nitrogens with one attached hydrogen (secondary N) is 2. The van der Waals surface area contributed by atoms with Crippen molar-refractivity contribution < 1.29 is 9.59 Å². The number of pyridine rings is 1. The van der Waals surface area contributed by atoms with Crippen LogP contribution in [0.1, 0.15) is 43.8 Å². The van der Waals surface area contributed by atoms with Gasteiger partial charge in [-0.1, -0.05) is 26.3 Å². The number of hydrogen-bond donors (Lipinski definition) is 2. The smallest absolute Gasteiger partial charge is 0.237 e. The van der Waals surface area contributed by atoms with E-state index < -0.39 is 0 Å². The lowest BCUT2D eigenvalue weighted by atomic mass is 10.1. The summed E-state index contributed by atoms with van der Waals surface area (Å²) in [6, 6.07) is 9.63. The fourth-order valence-electron chi connectivity index (χ4n) is 5.36. The SMILES string of the molecule is CCC1CCN(CC(=O)N2CC=C(c3nccs3)CC2)C1.CCc1cc(-c2n[nH]c3ccc(NC=O)cc23)ccn1. The van der Waals surface area contributed by atoms with Gasteiger partial charge < -0.3 is 10.2 Å². The van der Waals surface area contributed by atoms with E-state index in [1.54, 1.807) is 17.5 Å². The van der Waals surface area contributed by atoms with Crippen LogP contribution in [0.5, 0.6) is 0 Å². The second-order valence-corrected chi connectivity index (χ2v) is 11.3. The van der Waals surface area contributed by atoms with E-state index in [0.29, 0.717) is 13.0 Å². The van der Waals surface area contributed by atoms with Gasteiger partial charge in [-0.2, -0.15) is 5.10 Å². The summed E-state index contributed by atoms with van der Waals surface area (Å²) in [6.45, 7) is 8.64. The summed E-state index contributed by atoms with van der Waals surface area (Å²) in [6.07, 6.45) is 10.8. The standard InChI is InChI=1S/C16H23N3OS.C15H14N4O/c1-2-13-3-7-18(11-13)12-15(20)19-8-4-14(5-9-19)16-17-6-10-21-16;1-2-11-7-10(5-6-16-11)15-13-8-12(17-9-20)3-4-14(13)18-19-15/h4,6,10,13H,2-3,5,7-9,11-12H2,1H3;3-9H,2H2,1H3,(H,17,20)(H,18,19). The highest BCUT2D eigenvalue weighted by Gasteiger charge is 2.25. The summed E-state index contributed by atoms with van der Waals surface area (Å²) >= 11 is 1.68. The molecule has 4 aromatic rings. The minimum atomic E-state index is 0.279. The number of benzene rings is 1. The van der Waals surface area contributed by atoms with Crippen LogP contribution >= 0.6 is 11.3 Å². The molecule has 3 aromatic heterocycles. The van der Waals surface area contributed by atoms with Crippen LogP contribution < -0.4 is 5.32 Å². The summed E-state index contributed by atoms with van der Waals surface area (Å²) < 4.78 is 0. The number of aryl methyl sites for hydroxylation is 1. The van der Waals surface area contributed by atoms with E-state index in [-0.39, 0.29) is 5.91 Å². The molecule has 1 aromatic carbocycles. The number of rotatable bonds is 8. The van der Waals surface area contributed by atoms with Crippen LogP contribution in [0.3, 0.4) is 0 Å². The fourth-order valence-corrected chi connectivity index (χ4v) is 6.07. The average molecular weight is 572 g/mol. The van der Waals surface area contributed by atoms with Crippen molar-refractivity contribution in [3.05, 3.63) is 64.9 Å². The quantitative estimate of drug-likeness (QED) is 0.280. The van der Waals surface area contributed by atoms with Crippen LogP contribution in [0.15, 0.2) is 54.2 Å². The molecule has 6 rings (SSSR count). The minimum Gasteiger partial charge on any atom is -0.338 e. The number of amides is 2. The van der Waals surface area contributed by atoms with Crippen LogP contribution in [0, 0.1) is 5.92 Å². The van der Waals surface area contributed by atoms with Crippen molar-refractivity contribution in [2.75, 3.05) is 38.0 Å². The third kappa shape index (κ3) is 7.07. The summed E-state index contributed by atoms with van der Waals surface area (Å²) in [5.41, 5.74) is 5.89.